The van der Waals surface area contributed by atoms with E-state index in [9.17, 15) is 0 Å². The summed E-state index contributed by atoms with van der Waals surface area (Å²) in [6.07, 6.45) is 0. The van der Waals surface area contributed by atoms with E-state index < -0.39 is 0 Å². The van der Waals surface area contributed by atoms with Crippen LogP contribution >= 0.6 is 0 Å². The van der Waals surface area contributed by atoms with Crippen LogP contribution in [0, 0.1) is 0 Å². The van der Waals surface area contributed by atoms with Gasteiger partial charge in [-0.3, -0.25) is 0 Å². The summed E-state index contributed by atoms with van der Waals surface area (Å²) in [5.41, 5.74) is 8.03. The molecular weight excluding hydrogens is 639 g/mol. The quantitative estimate of drug-likeness (QED) is 0.175. The van der Waals surface area contributed by atoms with Gasteiger partial charge in [-0.05, 0) is 57.4 Å². The predicted molar refractivity (Wildman–Crippen MR) is 211 cm³/mol. The number of aromatic nitrogens is 3. The lowest BCUT2D eigenvalue weighted by molar-refractivity contribution is 0.669. The molecule has 3 heterocycles. The topological polar surface area (TPSA) is 65.0 Å². The second kappa shape index (κ2) is 11.2. The summed E-state index contributed by atoms with van der Waals surface area (Å²) in [4.78, 5) is 15.5. The molecule has 5 nitrogen and oxygen atoms in total. The van der Waals surface area contributed by atoms with Crippen molar-refractivity contribution in [1.82, 2.24) is 15.0 Å². The molecule has 11 rings (SSSR count). The Labute approximate surface area is 297 Å². The Kier molecular flexibility index (Phi) is 6.18. The first-order valence-corrected chi connectivity index (χ1v) is 17.3. The minimum Gasteiger partial charge on any atom is -0.456 e. The Morgan fingerprint density at radius 2 is 0.942 bits per heavy atom. The number of benzene rings is 8. The molecule has 0 saturated carbocycles. The summed E-state index contributed by atoms with van der Waals surface area (Å²) in [6.45, 7) is 0. The van der Waals surface area contributed by atoms with Crippen molar-refractivity contribution >= 4 is 65.4 Å². The third-order valence-corrected chi connectivity index (χ3v) is 10.1. The maximum atomic E-state index is 6.61. The highest BCUT2D eigenvalue weighted by Gasteiger charge is 2.20. The van der Waals surface area contributed by atoms with Crippen molar-refractivity contribution in [3.8, 4) is 45.3 Å². The van der Waals surface area contributed by atoms with Gasteiger partial charge >= 0.3 is 0 Å². The van der Waals surface area contributed by atoms with Crippen LogP contribution in [-0.4, -0.2) is 15.0 Å². The van der Waals surface area contributed by atoms with Crippen LogP contribution in [0.3, 0.4) is 0 Å². The maximum Gasteiger partial charge on any atom is 0.164 e. The molecule has 0 aliphatic heterocycles. The van der Waals surface area contributed by atoms with Crippen LogP contribution in [0.4, 0.5) is 0 Å². The molecule has 0 N–H and O–H groups in total. The Hall–Kier alpha value is -7.11. The van der Waals surface area contributed by atoms with Gasteiger partial charge < -0.3 is 8.83 Å². The molecule has 5 heteroatoms. The third-order valence-electron chi connectivity index (χ3n) is 10.1. The highest BCUT2D eigenvalue weighted by atomic mass is 16.3. The number of para-hydroxylation sites is 2. The summed E-state index contributed by atoms with van der Waals surface area (Å²) in [7, 11) is 0. The van der Waals surface area contributed by atoms with Gasteiger partial charge in [0, 0.05) is 43.8 Å². The number of hydrogen-bond acceptors (Lipinski definition) is 5. The smallest absolute Gasteiger partial charge is 0.164 e. The monoisotopic (exact) mass is 665 g/mol. The molecule has 0 bridgehead atoms. The molecule has 3 aromatic heterocycles. The van der Waals surface area contributed by atoms with Gasteiger partial charge in [0.05, 0.1) is 0 Å². The Bertz CT molecular complexity index is 3190. The van der Waals surface area contributed by atoms with Crippen molar-refractivity contribution in [3.63, 3.8) is 0 Å². The van der Waals surface area contributed by atoms with E-state index in [-0.39, 0.29) is 0 Å². The van der Waals surface area contributed by atoms with Crippen LogP contribution in [0.2, 0.25) is 0 Å². The average molecular weight is 666 g/mol. The van der Waals surface area contributed by atoms with Crippen molar-refractivity contribution in [1.29, 1.82) is 0 Å². The lowest BCUT2D eigenvalue weighted by Crippen LogP contribution is -2.00. The maximum absolute atomic E-state index is 6.61. The molecule has 0 radical (unpaired) electrons. The van der Waals surface area contributed by atoms with Gasteiger partial charge in [-0.15, -0.1) is 0 Å². The van der Waals surface area contributed by atoms with Crippen molar-refractivity contribution in [3.05, 3.63) is 164 Å². The second-order valence-corrected chi connectivity index (χ2v) is 13.2. The summed E-state index contributed by atoms with van der Waals surface area (Å²) in [5.74, 6) is 1.73. The summed E-state index contributed by atoms with van der Waals surface area (Å²) >= 11 is 0. The molecule has 8 aromatic carbocycles. The molecule has 0 aliphatic carbocycles. The number of hydrogen-bond donors (Lipinski definition) is 0. The average Bonchev–Trinajstić information content (AvgIpc) is 3.79. The lowest BCUT2D eigenvalue weighted by atomic mass is 9.99. The van der Waals surface area contributed by atoms with E-state index in [1.165, 1.54) is 16.2 Å². The van der Waals surface area contributed by atoms with Crippen molar-refractivity contribution in [2.45, 2.75) is 0 Å². The van der Waals surface area contributed by atoms with E-state index in [2.05, 4.69) is 109 Å². The van der Waals surface area contributed by atoms with E-state index in [4.69, 9.17) is 23.8 Å². The predicted octanol–water partition coefficient (Wildman–Crippen LogP) is 12.6. The fourth-order valence-electron chi connectivity index (χ4n) is 7.65. The van der Waals surface area contributed by atoms with E-state index in [0.29, 0.717) is 17.5 Å². The molecule has 11 aromatic rings. The normalized spacial score (nSPS) is 11.8. The highest BCUT2D eigenvalue weighted by molar-refractivity contribution is 6.15. The van der Waals surface area contributed by atoms with Crippen LogP contribution in [0.15, 0.2) is 173 Å². The van der Waals surface area contributed by atoms with E-state index >= 15 is 0 Å². The fourth-order valence-corrected chi connectivity index (χ4v) is 7.65. The number of rotatable bonds is 4. The third kappa shape index (κ3) is 4.46. The van der Waals surface area contributed by atoms with Crippen LogP contribution in [-0.2, 0) is 0 Å². The van der Waals surface area contributed by atoms with Crippen LogP contribution in [0.1, 0.15) is 0 Å². The zero-order chi connectivity index (χ0) is 34.2. The first kappa shape index (κ1) is 28.7. The molecule has 0 atom stereocenters. The largest absolute Gasteiger partial charge is 0.456 e. The number of fused-ring (bicyclic) bond motifs is 9. The molecule has 0 aliphatic rings. The molecule has 0 amide bonds. The zero-order valence-electron chi connectivity index (χ0n) is 27.7. The SMILES string of the molecule is c1ccc(-c2cccc3c2oc2cccc(-c4nc(-c5ccc6c(ccc7ccccc76)c5)nc(-c5ccc6c(c5)oc5ccccc56)n4)c23)cc1. The van der Waals surface area contributed by atoms with Gasteiger partial charge in [0.25, 0.3) is 0 Å². The number of furan rings is 2. The van der Waals surface area contributed by atoms with Gasteiger partial charge in [-0.2, -0.15) is 0 Å². The van der Waals surface area contributed by atoms with Gasteiger partial charge in [0.15, 0.2) is 17.5 Å². The molecule has 0 fully saturated rings. The second-order valence-electron chi connectivity index (χ2n) is 13.2. The van der Waals surface area contributed by atoms with Gasteiger partial charge in [-0.1, -0.05) is 133 Å². The number of nitrogens with zero attached hydrogens (tertiary/aromatic N) is 3. The van der Waals surface area contributed by atoms with Gasteiger partial charge in [-0.25, -0.2) is 15.0 Å². The first-order chi connectivity index (χ1) is 25.7. The molecule has 0 saturated heterocycles. The molecule has 52 heavy (non-hydrogen) atoms. The van der Waals surface area contributed by atoms with E-state index in [1.807, 2.05) is 54.6 Å². The zero-order valence-corrected chi connectivity index (χ0v) is 27.7. The van der Waals surface area contributed by atoms with Crippen LogP contribution in [0.25, 0.3) is 111 Å². The summed E-state index contributed by atoms with van der Waals surface area (Å²) < 4.78 is 12.9. The Morgan fingerprint density at radius 1 is 0.327 bits per heavy atom. The first-order valence-electron chi connectivity index (χ1n) is 17.3. The van der Waals surface area contributed by atoms with Crippen molar-refractivity contribution in [2.24, 2.45) is 0 Å². The fraction of sp³-hybridized carbons (Fsp3) is 0. The van der Waals surface area contributed by atoms with Gasteiger partial charge in [0.1, 0.15) is 22.3 Å². The lowest BCUT2D eigenvalue weighted by Gasteiger charge is -2.10. The van der Waals surface area contributed by atoms with Crippen LogP contribution in [0.5, 0.6) is 0 Å². The van der Waals surface area contributed by atoms with Crippen molar-refractivity contribution < 1.29 is 8.83 Å². The molecule has 0 spiro atoms. The minimum absolute atomic E-state index is 0.566. The molecule has 0 unspecified atom stereocenters. The van der Waals surface area contributed by atoms with E-state index in [0.717, 1.165) is 77.1 Å². The standard InChI is InChI=1S/C47H27N3O2/c1-2-10-28(11-3-1)35-15-8-16-38-43-39(17-9-19-41(43)52-44(35)38)47-49-45(31-22-24-34-30(26-31)21-20-29-12-4-5-13-33(29)34)48-46(50-47)32-23-25-37-36-14-6-7-18-40(36)51-42(37)27-32/h1-27H. The highest BCUT2D eigenvalue weighted by Crippen LogP contribution is 2.41. The molecule has 242 valence electrons. The van der Waals surface area contributed by atoms with Crippen LogP contribution < -0.4 is 0 Å². The minimum atomic E-state index is 0.566. The summed E-state index contributed by atoms with van der Waals surface area (Å²) in [5, 5.41) is 8.86. The Morgan fingerprint density at radius 3 is 1.83 bits per heavy atom. The Balaban J connectivity index is 1.15. The van der Waals surface area contributed by atoms with Crippen molar-refractivity contribution in [2.75, 3.05) is 0 Å². The van der Waals surface area contributed by atoms with E-state index in [1.54, 1.807) is 0 Å². The molecular formula is C47H27N3O2. The summed E-state index contributed by atoms with van der Waals surface area (Å²) in [6, 6.07) is 56.3. The van der Waals surface area contributed by atoms with Gasteiger partial charge in [0.2, 0.25) is 0 Å².